The molecule has 0 aliphatic heterocycles. The van der Waals surface area contributed by atoms with E-state index in [0.717, 1.165) is 22.4 Å². The average Bonchev–Trinajstić information content (AvgIpc) is 3.36. The number of hydrogen-bond acceptors (Lipinski definition) is 5. The number of fused-ring (bicyclic) bond motifs is 1. The molecule has 35 heavy (non-hydrogen) atoms. The lowest BCUT2D eigenvalue weighted by molar-refractivity contribution is 0.0738. The van der Waals surface area contributed by atoms with Gasteiger partial charge in [0.2, 0.25) is 0 Å². The first-order chi connectivity index (χ1) is 17.2. The molecule has 7 heteroatoms. The molecule has 0 atom stereocenters. The minimum absolute atomic E-state index is 0.222. The Morgan fingerprint density at radius 2 is 1.63 bits per heavy atom. The Kier molecular flexibility index (Phi) is 6.27. The quantitative estimate of drug-likeness (QED) is 0.342. The summed E-state index contributed by atoms with van der Waals surface area (Å²) in [6, 6.07) is 29.1. The molecule has 5 aromatic rings. The SMILES string of the molecule is N#CCCN(Cc1cccnc1)C(=O)c1cc(-c2ccccc2)nc2cc(-c3ccccc3)nn12. The average molecular weight is 459 g/mol. The number of benzene rings is 2. The molecule has 0 fully saturated rings. The van der Waals surface area contributed by atoms with Gasteiger partial charge >= 0.3 is 0 Å². The lowest BCUT2D eigenvalue weighted by atomic mass is 10.1. The molecule has 0 saturated carbocycles. The largest absolute Gasteiger partial charge is 0.332 e. The summed E-state index contributed by atoms with van der Waals surface area (Å²) in [6.07, 6.45) is 3.64. The molecule has 0 unspecified atom stereocenters. The van der Waals surface area contributed by atoms with Crippen LogP contribution in [0.5, 0.6) is 0 Å². The molecule has 0 aliphatic rings. The molecule has 2 aromatic carbocycles. The monoisotopic (exact) mass is 458 g/mol. The molecule has 0 N–H and O–H groups in total. The number of carbonyl (C=O) groups is 1. The first-order valence-electron chi connectivity index (χ1n) is 11.3. The Bertz CT molecular complexity index is 1490. The van der Waals surface area contributed by atoms with Crippen molar-refractivity contribution in [2.24, 2.45) is 0 Å². The number of nitrogens with zero attached hydrogens (tertiary/aromatic N) is 6. The van der Waals surface area contributed by atoms with Crippen LogP contribution in [0.3, 0.4) is 0 Å². The number of pyridine rings is 1. The molecule has 0 bridgehead atoms. The van der Waals surface area contributed by atoms with Gasteiger partial charge in [-0.15, -0.1) is 0 Å². The van der Waals surface area contributed by atoms with Gasteiger partial charge in [0.05, 0.1) is 23.9 Å². The standard InChI is InChI=1S/C28H22N6O/c29-14-8-16-33(20-21-9-7-15-30-19-21)28(35)26-17-24(22-10-3-1-4-11-22)31-27-18-25(32-34(26)27)23-12-5-2-6-13-23/h1-7,9-13,15,17-19H,8,16,20H2. The Balaban J connectivity index is 1.63. The van der Waals surface area contributed by atoms with Gasteiger partial charge in [-0.2, -0.15) is 10.4 Å². The number of hydrogen-bond donors (Lipinski definition) is 0. The highest BCUT2D eigenvalue weighted by Gasteiger charge is 2.22. The number of rotatable bonds is 7. The lowest BCUT2D eigenvalue weighted by Gasteiger charge is -2.22. The van der Waals surface area contributed by atoms with E-state index in [9.17, 15) is 10.1 Å². The fourth-order valence-corrected chi connectivity index (χ4v) is 3.95. The summed E-state index contributed by atoms with van der Waals surface area (Å²) in [5, 5.41) is 13.9. The molecule has 170 valence electrons. The normalized spacial score (nSPS) is 10.7. The van der Waals surface area contributed by atoms with Crippen molar-refractivity contribution < 1.29 is 4.79 Å². The highest BCUT2D eigenvalue weighted by molar-refractivity contribution is 5.94. The number of nitriles is 1. The van der Waals surface area contributed by atoms with E-state index >= 15 is 0 Å². The minimum atomic E-state index is -0.226. The third kappa shape index (κ3) is 4.77. The van der Waals surface area contributed by atoms with Crippen LogP contribution in [0.2, 0.25) is 0 Å². The van der Waals surface area contributed by atoms with Gasteiger partial charge < -0.3 is 4.90 Å². The topological polar surface area (TPSA) is 87.2 Å². The zero-order valence-electron chi connectivity index (χ0n) is 19.0. The van der Waals surface area contributed by atoms with Crippen molar-refractivity contribution in [1.29, 1.82) is 5.26 Å². The summed E-state index contributed by atoms with van der Waals surface area (Å²) in [5.74, 6) is -0.226. The van der Waals surface area contributed by atoms with Crippen molar-refractivity contribution in [3.8, 4) is 28.6 Å². The van der Waals surface area contributed by atoms with E-state index in [-0.39, 0.29) is 12.3 Å². The maximum atomic E-state index is 13.9. The van der Waals surface area contributed by atoms with Gasteiger partial charge in [0, 0.05) is 42.7 Å². The number of amides is 1. The molecule has 0 saturated heterocycles. The van der Waals surface area contributed by atoms with Crippen LogP contribution < -0.4 is 0 Å². The second kappa shape index (κ2) is 9.98. The van der Waals surface area contributed by atoms with Gasteiger partial charge in [0.15, 0.2) is 5.65 Å². The first kappa shape index (κ1) is 22.0. The van der Waals surface area contributed by atoms with E-state index in [1.807, 2.05) is 78.9 Å². The highest BCUT2D eigenvalue weighted by atomic mass is 16.2. The maximum absolute atomic E-state index is 13.9. The Morgan fingerprint density at radius 3 is 2.29 bits per heavy atom. The molecule has 0 aliphatic carbocycles. The van der Waals surface area contributed by atoms with Crippen LogP contribution in [0, 0.1) is 11.3 Å². The molecular formula is C28H22N6O. The van der Waals surface area contributed by atoms with Crippen molar-refractivity contribution in [3.63, 3.8) is 0 Å². The van der Waals surface area contributed by atoms with Crippen LogP contribution in [0.1, 0.15) is 22.5 Å². The van der Waals surface area contributed by atoms with E-state index in [1.165, 1.54) is 0 Å². The summed E-state index contributed by atoms with van der Waals surface area (Å²) in [7, 11) is 0. The van der Waals surface area contributed by atoms with Gasteiger partial charge in [-0.1, -0.05) is 66.7 Å². The summed E-state index contributed by atoms with van der Waals surface area (Å²) < 4.78 is 1.60. The molecule has 7 nitrogen and oxygen atoms in total. The van der Waals surface area contributed by atoms with E-state index in [2.05, 4.69) is 11.1 Å². The van der Waals surface area contributed by atoms with E-state index in [0.29, 0.717) is 30.1 Å². The Labute approximate surface area is 202 Å². The Morgan fingerprint density at radius 1 is 0.914 bits per heavy atom. The number of carbonyl (C=O) groups excluding carboxylic acids is 1. The first-order valence-corrected chi connectivity index (χ1v) is 11.3. The zero-order valence-corrected chi connectivity index (χ0v) is 19.0. The molecule has 0 spiro atoms. The molecular weight excluding hydrogens is 436 g/mol. The van der Waals surface area contributed by atoms with Crippen molar-refractivity contribution in [1.82, 2.24) is 24.5 Å². The minimum Gasteiger partial charge on any atom is -0.332 e. The number of aromatic nitrogens is 4. The van der Waals surface area contributed by atoms with Gasteiger partial charge in [-0.3, -0.25) is 9.78 Å². The van der Waals surface area contributed by atoms with Crippen LogP contribution in [-0.2, 0) is 6.54 Å². The van der Waals surface area contributed by atoms with Gasteiger partial charge in [0.25, 0.3) is 5.91 Å². The van der Waals surface area contributed by atoms with Crippen LogP contribution in [0.25, 0.3) is 28.2 Å². The lowest BCUT2D eigenvalue weighted by Crippen LogP contribution is -2.33. The molecule has 5 rings (SSSR count). The summed E-state index contributed by atoms with van der Waals surface area (Å²) in [4.78, 5) is 24.5. The van der Waals surface area contributed by atoms with Crippen molar-refractivity contribution >= 4 is 11.6 Å². The summed E-state index contributed by atoms with van der Waals surface area (Å²) >= 11 is 0. The van der Waals surface area contributed by atoms with E-state index in [1.54, 1.807) is 27.9 Å². The second-order valence-electron chi connectivity index (χ2n) is 8.05. The van der Waals surface area contributed by atoms with Crippen LogP contribution in [0.4, 0.5) is 0 Å². The fourth-order valence-electron chi connectivity index (χ4n) is 3.95. The van der Waals surface area contributed by atoms with Gasteiger partial charge in [0.1, 0.15) is 5.69 Å². The summed E-state index contributed by atoms with van der Waals surface area (Å²) in [6.45, 7) is 0.632. The van der Waals surface area contributed by atoms with Crippen LogP contribution in [0.15, 0.2) is 97.3 Å². The fraction of sp³-hybridized carbons (Fsp3) is 0.107. The Hall–Kier alpha value is -4.83. The molecule has 3 aromatic heterocycles. The van der Waals surface area contributed by atoms with Crippen molar-refractivity contribution in [3.05, 3.63) is 109 Å². The predicted molar refractivity (Wildman–Crippen MR) is 133 cm³/mol. The maximum Gasteiger partial charge on any atom is 0.273 e. The van der Waals surface area contributed by atoms with E-state index < -0.39 is 0 Å². The highest BCUT2D eigenvalue weighted by Crippen LogP contribution is 2.25. The predicted octanol–water partition coefficient (Wildman–Crippen LogP) is 5.01. The zero-order chi connectivity index (χ0) is 24.0. The smallest absolute Gasteiger partial charge is 0.273 e. The molecule has 3 heterocycles. The van der Waals surface area contributed by atoms with Crippen molar-refractivity contribution in [2.45, 2.75) is 13.0 Å². The van der Waals surface area contributed by atoms with Gasteiger partial charge in [-0.05, 0) is 17.7 Å². The van der Waals surface area contributed by atoms with Crippen LogP contribution >= 0.6 is 0 Å². The van der Waals surface area contributed by atoms with Gasteiger partial charge in [-0.25, -0.2) is 9.50 Å². The second-order valence-corrected chi connectivity index (χ2v) is 8.05. The van der Waals surface area contributed by atoms with Crippen LogP contribution in [-0.4, -0.2) is 36.9 Å². The third-order valence-electron chi connectivity index (χ3n) is 5.66. The van der Waals surface area contributed by atoms with E-state index in [4.69, 9.17) is 10.1 Å². The molecule has 0 radical (unpaired) electrons. The van der Waals surface area contributed by atoms with Crippen molar-refractivity contribution in [2.75, 3.05) is 6.54 Å². The third-order valence-corrected chi connectivity index (χ3v) is 5.66. The summed E-state index contributed by atoms with van der Waals surface area (Å²) in [5.41, 5.74) is 5.11. The molecule has 1 amide bonds.